The minimum atomic E-state index is -0.492. The maximum absolute atomic E-state index is 10.9. The maximum Gasteiger partial charge on any atom is 0.271 e. The summed E-state index contributed by atoms with van der Waals surface area (Å²) in [5.74, 6) is 1.62. The van der Waals surface area contributed by atoms with Gasteiger partial charge in [0, 0.05) is 36.0 Å². The lowest BCUT2D eigenvalue weighted by atomic mass is 10.2. The summed E-state index contributed by atoms with van der Waals surface area (Å²) in [5, 5.41) is 17.0. The predicted molar refractivity (Wildman–Crippen MR) is 99.0 cm³/mol. The van der Waals surface area contributed by atoms with E-state index in [0.717, 1.165) is 0 Å². The van der Waals surface area contributed by atoms with Gasteiger partial charge in [0.05, 0.1) is 31.9 Å². The second kappa shape index (κ2) is 8.15. The summed E-state index contributed by atoms with van der Waals surface area (Å²) in [6, 6.07) is 9.40. The van der Waals surface area contributed by atoms with E-state index >= 15 is 0 Å². The molecule has 0 bridgehead atoms. The fourth-order valence-electron chi connectivity index (χ4n) is 2.07. The van der Waals surface area contributed by atoms with Crippen molar-refractivity contribution in [1.29, 1.82) is 0 Å². The van der Waals surface area contributed by atoms with Gasteiger partial charge in [-0.1, -0.05) is 0 Å². The average Bonchev–Trinajstić information content (AvgIpc) is 2.60. The molecular formula is C16H17N3O5S. The Labute approximate surface area is 149 Å². The fourth-order valence-corrected chi connectivity index (χ4v) is 2.30. The number of hydrogen-bond acceptors (Lipinski definition) is 6. The van der Waals surface area contributed by atoms with E-state index in [1.165, 1.54) is 25.3 Å². The first-order valence-corrected chi connectivity index (χ1v) is 7.51. The Hall–Kier alpha value is -3.07. The number of thiocarbonyl (C=S) groups is 1. The van der Waals surface area contributed by atoms with Crippen LogP contribution < -0.4 is 24.8 Å². The standard InChI is InChI=1S/C16H17N3O5S/c1-22-12-6-10(7-13(9-12)23-2)17-16(25)18-14-8-11(19(20)21)4-5-15(14)24-3/h4-9H,1-3H3,(H2,17,18,25). The van der Waals surface area contributed by atoms with Crippen LogP contribution in [0.25, 0.3) is 0 Å². The molecule has 0 amide bonds. The average molecular weight is 363 g/mol. The van der Waals surface area contributed by atoms with Gasteiger partial charge in [0.2, 0.25) is 0 Å². The molecule has 2 aromatic rings. The first-order valence-electron chi connectivity index (χ1n) is 7.10. The Morgan fingerprint density at radius 1 is 1.00 bits per heavy atom. The highest BCUT2D eigenvalue weighted by Crippen LogP contribution is 2.30. The molecule has 0 aliphatic carbocycles. The van der Waals surface area contributed by atoms with Gasteiger partial charge in [-0.05, 0) is 18.3 Å². The van der Waals surface area contributed by atoms with Crippen LogP contribution in [-0.4, -0.2) is 31.4 Å². The summed E-state index contributed by atoms with van der Waals surface area (Å²) >= 11 is 5.26. The van der Waals surface area contributed by atoms with E-state index < -0.39 is 4.92 Å². The predicted octanol–water partition coefficient (Wildman–Crippen LogP) is 3.43. The summed E-state index contributed by atoms with van der Waals surface area (Å²) in [4.78, 5) is 10.4. The van der Waals surface area contributed by atoms with Crippen LogP contribution in [-0.2, 0) is 0 Å². The Balaban J connectivity index is 2.20. The maximum atomic E-state index is 10.9. The highest BCUT2D eigenvalue weighted by molar-refractivity contribution is 7.80. The van der Waals surface area contributed by atoms with Crippen molar-refractivity contribution in [3.63, 3.8) is 0 Å². The van der Waals surface area contributed by atoms with Crippen molar-refractivity contribution >= 4 is 34.4 Å². The molecule has 0 saturated carbocycles. The number of nitrogens with zero attached hydrogens (tertiary/aromatic N) is 1. The van der Waals surface area contributed by atoms with Crippen molar-refractivity contribution < 1.29 is 19.1 Å². The zero-order valence-corrected chi connectivity index (χ0v) is 14.7. The molecule has 0 aliphatic rings. The van der Waals surface area contributed by atoms with Gasteiger partial charge in [0.1, 0.15) is 17.2 Å². The highest BCUT2D eigenvalue weighted by Gasteiger charge is 2.13. The molecule has 132 valence electrons. The lowest BCUT2D eigenvalue weighted by molar-refractivity contribution is -0.384. The van der Waals surface area contributed by atoms with Crippen LogP contribution in [0.3, 0.4) is 0 Å². The van der Waals surface area contributed by atoms with Gasteiger partial charge in [-0.15, -0.1) is 0 Å². The summed E-state index contributed by atoms with van der Waals surface area (Å²) < 4.78 is 15.6. The van der Waals surface area contributed by atoms with Crippen molar-refractivity contribution in [2.45, 2.75) is 0 Å². The highest BCUT2D eigenvalue weighted by atomic mass is 32.1. The molecule has 0 spiro atoms. The zero-order chi connectivity index (χ0) is 18.4. The fraction of sp³-hybridized carbons (Fsp3) is 0.188. The smallest absolute Gasteiger partial charge is 0.271 e. The molecule has 9 heteroatoms. The molecule has 0 fully saturated rings. The van der Waals surface area contributed by atoms with E-state index in [9.17, 15) is 10.1 Å². The van der Waals surface area contributed by atoms with Crippen LogP contribution in [0.15, 0.2) is 36.4 Å². The molecule has 2 aromatic carbocycles. The van der Waals surface area contributed by atoms with E-state index in [1.54, 1.807) is 32.4 Å². The number of nitro groups is 1. The molecule has 0 heterocycles. The summed E-state index contributed by atoms with van der Waals surface area (Å²) in [6.07, 6.45) is 0. The summed E-state index contributed by atoms with van der Waals surface area (Å²) in [5.41, 5.74) is 0.941. The molecule has 0 saturated heterocycles. The van der Waals surface area contributed by atoms with Crippen LogP contribution >= 0.6 is 12.2 Å². The number of methoxy groups -OCH3 is 3. The number of hydrogen-bond donors (Lipinski definition) is 2. The monoisotopic (exact) mass is 363 g/mol. The number of non-ortho nitro benzene ring substituents is 1. The third-order valence-corrected chi connectivity index (χ3v) is 3.46. The number of ether oxygens (including phenoxy) is 3. The third kappa shape index (κ3) is 4.70. The van der Waals surface area contributed by atoms with Gasteiger partial charge in [0.15, 0.2) is 5.11 Å². The molecule has 0 aliphatic heterocycles. The molecule has 2 N–H and O–H groups in total. The van der Waals surface area contributed by atoms with Crippen LogP contribution in [0, 0.1) is 10.1 Å². The quantitative estimate of drug-likeness (QED) is 0.458. The van der Waals surface area contributed by atoms with Gasteiger partial charge in [0.25, 0.3) is 5.69 Å². The van der Waals surface area contributed by atoms with Crippen molar-refractivity contribution in [3.05, 3.63) is 46.5 Å². The molecule has 8 nitrogen and oxygen atoms in total. The van der Waals surface area contributed by atoms with Crippen LogP contribution in [0.4, 0.5) is 17.1 Å². The largest absolute Gasteiger partial charge is 0.497 e. The molecule has 0 atom stereocenters. The SMILES string of the molecule is COc1cc(NC(=S)Nc2cc([N+](=O)[O-])ccc2OC)cc(OC)c1. The van der Waals surface area contributed by atoms with Crippen LogP contribution in [0.5, 0.6) is 17.2 Å². The molecule has 2 rings (SSSR count). The summed E-state index contributed by atoms with van der Waals surface area (Å²) in [7, 11) is 4.56. The van der Waals surface area contributed by atoms with Crippen molar-refractivity contribution in [1.82, 2.24) is 0 Å². The lowest BCUT2D eigenvalue weighted by Crippen LogP contribution is -2.19. The molecule has 0 unspecified atom stereocenters. The van der Waals surface area contributed by atoms with Gasteiger partial charge in [-0.25, -0.2) is 0 Å². The van der Waals surface area contributed by atoms with E-state index in [1.807, 2.05) is 0 Å². The van der Waals surface area contributed by atoms with E-state index in [4.69, 9.17) is 26.4 Å². The Kier molecular flexibility index (Phi) is 5.96. The summed E-state index contributed by atoms with van der Waals surface area (Å²) in [6.45, 7) is 0. The first-order chi connectivity index (χ1) is 12.0. The molecule has 25 heavy (non-hydrogen) atoms. The van der Waals surface area contributed by atoms with Gasteiger partial charge >= 0.3 is 0 Å². The normalized spacial score (nSPS) is 9.88. The van der Waals surface area contributed by atoms with Crippen molar-refractivity contribution in [2.24, 2.45) is 0 Å². The number of anilines is 2. The second-order valence-electron chi connectivity index (χ2n) is 4.82. The van der Waals surface area contributed by atoms with Gasteiger partial charge in [-0.3, -0.25) is 10.1 Å². The third-order valence-electron chi connectivity index (χ3n) is 3.25. The Morgan fingerprint density at radius 2 is 1.64 bits per heavy atom. The van der Waals surface area contributed by atoms with Crippen molar-refractivity contribution in [3.8, 4) is 17.2 Å². The van der Waals surface area contributed by atoms with E-state index in [-0.39, 0.29) is 10.8 Å². The molecule has 0 radical (unpaired) electrons. The van der Waals surface area contributed by atoms with Crippen molar-refractivity contribution in [2.75, 3.05) is 32.0 Å². The van der Waals surface area contributed by atoms with Gasteiger partial charge in [-0.2, -0.15) is 0 Å². The number of nitrogens with one attached hydrogen (secondary N) is 2. The number of benzene rings is 2. The molecule has 0 aromatic heterocycles. The first kappa shape index (κ1) is 18.3. The lowest BCUT2D eigenvalue weighted by Gasteiger charge is -2.14. The zero-order valence-electron chi connectivity index (χ0n) is 13.9. The Bertz CT molecular complexity index is 775. The van der Waals surface area contributed by atoms with E-state index in [2.05, 4.69) is 10.6 Å². The van der Waals surface area contributed by atoms with Crippen LogP contribution in [0.1, 0.15) is 0 Å². The second-order valence-corrected chi connectivity index (χ2v) is 5.23. The minimum absolute atomic E-state index is 0.0749. The van der Waals surface area contributed by atoms with Crippen LogP contribution in [0.2, 0.25) is 0 Å². The number of rotatable bonds is 6. The van der Waals surface area contributed by atoms with Gasteiger partial charge < -0.3 is 24.8 Å². The topological polar surface area (TPSA) is 94.9 Å². The Morgan fingerprint density at radius 3 is 2.16 bits per heavy atom. The van der Waals surface area contributed by atoms with E-state index in [0.29, 0.717) is 28.6 Å². The number of nitro benzene ring substituents is 1. The minimum Gasteiger partial charge on any atom is -0.497 e. The molecular weight excluding hydrogens is 346 g/mol.